The fourth-order valence-electron chi connectivity index (χ4n) is 2.08. The fraction of sp³-hybridized carbons (Fsp3) is 0.571. The van der Waals surface area contributed by atoms with E-state index in [0.717, 1.165) is 12.8 Å². The molecule has 0 atom stereocenters. The van der Waals surface area contributed by atoms with Crippen LogP contribution in [0.1, 0.15) is 49.9 Å². The van der Waals surface area contributed by atoms with E-state index < -0.39 is 5.60 Å². The van der Waals surface area contributed by atoms with Gasteiger partial charge in [0.2, 0.25) is 0 Å². The van der Waals surface area contributed by atoms with Crippen LogP contribution in [-0.4, -0.2) is 28.1 Å². The first kappa shape index (κ1) is 14.6. The highest BCUT2D eigenvalue weighted by Crippen LogP contribution is 2.18. The Bertz CT molecular complexity index is 359. The Morgan fingerprint density at radius 3 is 2.33 bits per heavy atom. The van der Waals surface area contributed by atoms with Crippen molar-refractivity contribution in [2.45, 2.75) is 45.1 Å². The molecule has 18 heavy (non-hydrogen) atoms. The third kappa shape index (κ3) is 4.45. The quantitative estimate of drug-likeness (QED) is 0.779. The van der Waals surface area contributed by atoms with E-state index in [1.54, 1.807) is 24.5 Å². The van der Waals surface area contributed by atoms with Gasteiger partial charge in [-0.3, -0.25) is 9.78 Å². The SMILES string of the molecule is CCCC(O)(CCC)CNC(=O)c1ccncc1. The van der Waals surface area contributed by atoms with Gasteiger partial charge >= 0.3 is 0 Å². The van der Waals surface area contributed by atoms with E-state index in [0.29, 0.717) is 24.9 Å². The van der Waals surface area contributed by atoms with Crippen LogP contribution in [0.4, 0.5) is 0 Å². The number of pyridine rings is 1. The van der Waals surface area contributed by atoms with Gasteiger partial charge in [0.05, 0.1) is 5.60 Å². The molecule has 1 heterocycles. The maximum Gasteiger partial charge on any atom is 0.251 e. The van der Waals surface area contributed by atoms with Crippen molar-refractivity contribution >= 4 is 5.91 Å². The fourth-order valence-corrected chi connectivity index (χ4v) is 2.08. The number of aliphatic hydroxyl groups is 1. The molecule has 100 valence electrons. The van der Waals surface area contributed by atoms with Crippen molar-refractivity contribution in [3.05, 3.63) is 30.1 Å². The largest absolute Gasteiger partial charge is 0.388 e. The number of amides is 1. The maximum atomic E-state index is 11.8. The Morgan fingerprint density at radius 2 is 1.83 bits per heavy atom. The summed E-state index contributed by atoms with van der Waals surface area (Å²) >= 11 is 0. The summed E-state index contributed by atoms with van der Waals surface area (Å²) in [5.41, 5.74) is -0.216. The summed E-state index contributed by atoms with van der Waals surface area (Å²) in [6.07, 6.45) is 6.39. The van der Waals surface area contributed by atoms with Crippen molar-refractivity contribution in [1.82, 2.24) is 10.3 Å². The van der Waals surface area contributed by atoms with Crippen molar-refractivity contribution < 1.29 is 9.90 Å². The van der Waals surface area contributed by atoms with E-state index in [1.165, 1.54) is 0 Å². The topological polar surface area (TPSA) is 62.2 Å². The summed E-state index contributed by atoms with van der Waals surface area (Å²) in [5.74, 6) is -0.164. The van der Waals surface area contributed by atoms with E-state index in [4.69, 9.17) is 0 Å². The second-order valence-corrected chi connectivity index (χ2v) is 4.64. The van der Waals surface area contributed by atoms with E-state index in [-0.39, 0.29) is 5.91 Å². The van der Waals surface area contributed by atoms with Crippen LogP contribution >= 0.6 is 0 Å². The Labute approximate surface area is 108 Å². The number of nitrogens with zero attached hydrogens (tertiary/aromatic N) is 1. The van der Waals surface area contributed by atoms with Gasteiger partial charge in [-0.25, -0.2) is 0 Å². The molecule has 0 saturated carbocycles. The molecule has 0 fully saturated rings. The molecule has 0 bridgehead atoms. The zero-order valence-electron chi connectivity index (χ0n) is 11.1. The lowest BCUT2D eigenvalue weighted by Gasteiger charge is -2.27. The zero-order chi connectivity index (χ0) is 13.4. The van der Waals surface area contributed by atoms with Gasteiger partial charge in [0.1, 0.15) is 0 Å². The summed E-state index contributed by atoms with van der Waals surface area (Å²) in [6.45, 7) is 4.37. The summed E-state index contributed by atoms with van der Waals surface area (Å²) in [6, 6.07) is 3.32. The summed E-state index contributed by atoms with van der Waals surface area (Å²) in [4.78, 5) is 15.7. The van der Waals surface area contributed by atoms with Crippen molar-refractivity contribution in [1.29, 1.82) is 0 Å². The van der Waals surface area contributed by atoms with Crippen LogP contribution in [0.5, 0.6) is 0 Å². The molecular weight excluding hydrogens is 228 g/mol. The van der Waals surface area contributed by atoms with Gasteiger partial charge in [-0.1, -0.05) is 26.7 Å². The van der Waals surface area contributed by atoms with Gasteiger partial charge in [-0.05, 0) is 25.0 Å². The monoisotopic (exact) mass is 250 g/mol. The standard InChI is InChI=1S/C14H22N2O2/c1-3-7-14(18,8-4-2)11-16-13(17)12-5-9-15-10-6-12/h5-6,9-10,18H,3-4,7-8,11H2,1-2H3,(H,16,17). The van der Waals surface area contributed by atoms with E-state index in [2.05, 4.69) is 10.3 Å². The minimum atomic E-state index is -0.786. The van der Waals surface area contributed by atoms with Crippen molar-refractivity contribution in [2.75, 3.05) is 6.54 Å². The van der Waals surface area contributed by atoms with Gasteiger partial charge < -0.3 is 10.4 Å². The van der Waals surface area contributed by atoms with Gasteiger partial charge in [-0.2, -0.15) is 0 Å². The van der Waals surface area contributed by atoms with E-state index >= 15 is 0 Å². The Kier molecular flexibility index (Phi) is 5.78. The summed E-state index contributed by atoms with van der Waals surface area (Å²) < 4.78 is 0. The number of hydrogen-bond acceptors (Lipinski definition) is 3. The van der Waals surface area contributed by atoms with Crippen LogP contribution in [0.15, 0.2) is 24.5 Å². The highest BCUT2D eigenvalue weighted by Gasteiger charge is 2.25. The Balaban J connectivity index is 2.55. The van der Waals surface area contributed by atoms with Crippen LogP contribution in [0.3, 0.4) is 0 Å². The van der Waals surface area contributed by atoms with E-state index in [9.17, 15) is 9.90 Å². The molecule has 0 aliphatic heterocycles. The molecule has 0 radical (unpaired) electrons. The first-order chi connectivity index (χ1) is 8.61. The smallest absolute Gasteiger partial charge is 0.251 e. The molecular formula is C14H22N2O2. The molecule has 0 aromatic carbocycles. The first-order valence-electron chi connectivity index (χ1n) is 6.52. The van der Waals surface area contributed by atoms with Crippen molar-refractivity contribution in [3.8, 4) is 0 Å². The summed E-state index contributed by atoms with van der Waals surface area (Å²) in [7, 11) is 0. The van der Waals surface area contributed by atoms with Crippen LogP contribution in [0, 0.1) is 0 Å². The molecule has 0 aliphatic rings. The second kappa shape index (κ2) is 7.11. The molecule has 1 aromatic rings. The highest BCUT2D eigenvalue weighted by atomic mass is 16.3. The van der Waals surface area contributed by atoms with Gasteiger partial charge in [0.25, 0.3) is 5.91 Å². The number of hydrogen-bond donors (Lipinski definition) is 2. The second-order valence-electron chi connectivity index (χ2n) is 4.64. The number of rotatable bonds is 7. The summed E-state index contributed by atoms with van der Waals surface area (Å²) in [5, 5.41) is 13.2. The van der Waals surface area contributed by atoms with Crippen molar-refractivity contribution in [3.63, 3.8) is 0 Å². The molecule has 0 saturated heterocycles. The Hall–Kier alpha value is -1.42. The highest BCUT2D eigenvalue weighted by molar-refractivity contribution is 5.93. The number of carbonyl (C=O) groups excluding carboxylic acids is 1. The lowest BCUT2D eigenvalue weighted by molar-refractivity contribution is 0.0213. The minimum Gasteiger partial charge on any atom is -0.388 e. The zero-order valence-corrected chi connectivity index (χ0v) is 11.1. The first-order valence-corrected chi connectivity index (χ1v) is 6.52. The van der Waals surface area contributed by atoms with E-state index in [1.807, 2.05) is 13.8 Å². The van der Waals surface area contributed by atoms with Crippen molar-refractivity contribution in [2.24, 2.45) is 0 Å². The third-order valence-corrected chi connectivity index (χ3v) is 2.95. The normalized spacial score (nSPS) is 11.3. The predicted molar refractivity (Wildman–Crippen MR) is 71.3 cm³/mol. The number of nitrogens with one attached hydrogen (secondary N) is 1. The van der Waals surface area contributed by atoms with Crippen LogP contribution in [0.25, 0.3) is 0 Å². The van der Waals surface area contributed by atoms with Crippen LogP contribution in [0.2, 0.25) is 0 Å². The minimum absolute atomic E-state index is 0.164. The molecule has 4 heteroatoms. The molecule has 1 aromatic heterocycles. The molecule has 0 spiro atoms. The molecule has 0 unspecified atom stereocenters. The average Bonchev–Trinajstić information content (AvgIpc) is 2.38. The number of carbonyl (C=O) groups is 1. The lowest BCUT2D eigenvalue weighted by atomic mass is 9.92. The average molecular weight is 250 g/mol. The van der Waals surface area contributed by atoms with Gasteiger partial charge in [0.15, 0.2) is 0 Å². The Morgan fingerprint density at radius 1 is 1.28 bits per heavy atom. The predicted octanol–water partition coefficient (Wildman–Crippen LogP) is 2.14. The molecule has 1 rings (SSSR count). The number of aromatic nitrogens is 1. The molecule has 0 aliphatic carbocycles. The van der Waals surface area contributed by atoms with Gasteiger partial charge in [-0.15, -0.1) is 0 Å². The maximum absolute atomic E-state index is 11.8. The lowest BCUT2D eigenvalue weighted by Crippen LogP contribution is -2.42. The van der Waals surface area contributed by atoms with Crippen LogP contribution < -0.4 is 5.32 Å². The molecule has 2 N–H and O–H groups in total. The molecule has 1 amide bonds. The van der Waals surface area contributed by atoms with Crippen LogP contribution in [-0.2, 0) is 0 Å². The van der Waals surface area contributed by atoms with Gasteiger partial charge in [0, 0.05) is 24.5 Å². The third-order valence-electron chi connectivity index (χ3n) is 2.95. The molecule has 4 nitrogen and oxygen atoms in total.